The maximum Gasteiger partial charge on any atom is 0.253 e. The lowest BCUT2D eigenvalue weighted by Gasteiger charge is -2.35. The molecule has 33 heavy (non-hydrogen) atoms. The lowest BCUT2D eigenvalue weighted by Crippen LogP contribution is -2.46. The van der Waals surface area contributed by atoms with Crippen molar-refractivity contribution in [2.75, 3.05) is 49.5 Å². The molecule has 0 radical (unpaired) electrons. The average Bonchev–Trinajstić information content (AvgIpc) is 3.23. The third-order valence-corrected chi connectivity index (χ3v) is 6.52. The van der Waals surface area contributed by atoms with Crippen LogP contribution in [-0.4, -0.2) is 60.4 Å². The van der Waals surface area contributed by atoms with Crippen molar-refractivity contribution in [3.8, 4) is 0 Å². The SMILES string of the molecule is CC(=O)Nc1ccccc1C(=O)NCCCCN1CCN(c2nsc3ccccc23)CC1.Cl. The van der Waals surface area contributed by atoms with Crippen LogP contribution < -0.4 is 15.5 Å². The molecule has 1 aliphatic heterocycles. The lowest BCUT2D eigenvalue weighted by atomic mass is 10.1. The molecule has 0 spiro atoms. The average molecular weight is 488 g/mol. The fourth-order valence-electron chi connectivity index (χ4n) is 4.02. The number of halogens is 1. The quantitative estimate of drug-likeness (QED) is 0.469. The number of hydrogen-bond donors (Lipinski definition) is 2. The van der Waals surface area contributed by atoms with Crippen molar-refractivity contribution in [3.05, 3.63) is 54.1 Å². The topological polar surface area (TPSA) is 77.6 Å². The van der Waals surface area contributed by atoms with E-state index < -0.39 is 0 Å². The van der Waals surface area contributed by atoms with Gasteiger partial charge in [-0.3, -0.25) is 14.5 Å². The van der Waals surface area contributed by atoms with Crippen molar-refractivity contribution in [3.63, 3.8) is 0 Å². The lowest BCUT2D eigenvalue weighted by molar-refractivity contribution is -0.114. The summed E-state index contributed by atoms with van der Waals surface area (Å²) in [6.07, 6.45) is 1.96. The summed E-state index contributed by atoms with van der Waals surface area (Å²) in [6, 6.07) is 15.5. The monoisotopic (exact) mass is 487 g/mol. The normalized spacial score (nSPS) is 14.0. The third-order valence-electron chi connectivity index (χ3n) is 5.70. The molecule has 0 saturated carbocycles. The van der Waals surface area contributed by atoms with Crippen LogP contribution in [0.5, 0.6) is 0 Å². The van der Waals surface area contributed by atoms with Gasteiger partial charge in [0.1, 0.15) is 5.82 Å². The van der Waals surface area contributed by atoms with E-state index in [0.717, 1.165) is 51.4 Å². The molecule has 3 aromatic rings. The van der Waals surface area contributed by atoms with Crippen LogP contribution in [0.15, 0.2) is 48.5 Å². The van der Waals surface area contributed by atoms with Gasteiger partial charge in [-0.05, 0) is 55.2 Å². The molecule has 9 heteroatoms. The van der Waals surface area contributed by atoms with Gasteiger partial charge in [0.05, 0.1) is 16.0 Å². The maximum atomic E-state index is 12.5. The number of carbonyl (C=O) groups is 2. The first-order valence-electron chi connectivity index (χ1n) is 11.1. The Morgan fingerprint density at radius 1 is 1.00 bits per heavy atom. The smallest absolute Gasteiger partial charge is 0.253 e. The van der Waals surface area contributed by atoms with Crippen molar-refractivity contribution in [2.24, 2.45) is 0 Å². The zero-order chi connectivity index (χ0) is 22.3. The Morgan fingerprint density at radius 2 is 1.73 bits per heavy atom. The number of piperazine rings is 1. The summed E-state index contributed by atoms with van der Waals surface area (Å²) in [5, 5.41) is 6.93. The molecule has 0 unspecified atom stereocenters. The molecule has 2 amide bonds. The number of nitrogens with zero attached hydrogens (tertiary/aromatic N) is 3. The standard InChI is InChI=1S/C24H29N5O2S.ClH/c1-18(30)26-21-10-4-2-8-19(21)24(31)25-12-6-7-13-28-14-16-29(17-15-28)23-20-9-3-5-11-22(20)32-27-23;/h2-5,8-11H,6-7,12-17H2,1H3,(H,25,31)(H,26,30);1H. The molecular formula is C24H30ClN5O2S. The number of nitrogens with one attached hydrogen (secondary N) is 2. The van der Waals surface area contributed by atoms with E-state index in [4.69, 9.17) is 0 Å². The second-order valence-corrected chi connectivity index (χ2v) is 8.83. The highest BCUT2D eigenvalue weighted by molar-refractivity contribution is 7.13. The minimum atomic E-state index is -0.187. The van der Waals surface area contributed by atoms with Gasteiger partial charge in [-0.2, -0.15) is 4.37 Å². The summed E-state index contributed by atoms with van der Waals surface area (Å²) >= 11 is 1.57. The summed E-state index contributed by atoms with van der Waals surface area (Å²) < 4.78 is 5.92. The predicted molar refractivity (Wildman–Crippen MR) is 138 cm³/mol. The van der Waals surface area contributed by atoms with Crippen LogP contribution in [-0.2, 0) is 4.79 Å². The Bertz CT molecular complexity index is 1080. The Balaban J connectivity index is 0.00000306. The number of aromatic nitrogens is 1. The molecule has 2 N–H and O–H groups in total. The van der Waals surface area contributed by atoms with Gasteiger partial charge in [0.15, 0.2) is 0 Å². The third kappa shape index (κ3) is 6.43. The Morgan fingerprint density at radius 3 is 2.52 bits per heavy atom. The number of rotatable bonds is 8. The van der Waals surface area contributed by atoms with Crippen molar-refractivity contribution in [1.29, 1.82) is 0 Å². The summed E-state index contributed by atoms with van der Waals surface area (Å²) in [7, 11) is 0. The predicted octanol–water partition coefficient (Wildman–Crippen LogP) is 4.01. The zero-order valence-corrected chi connectivity index (χ0v) is 20.4. The first-order valence-corrected chi connectivity index (χ1v) is 11.9. The first-order chi connectivity index (χ1) is 15.6. The summed E-state index contributed by atoms with van der Waals surface area (Å²) in [6.45, 7) is 7.13. The molecule has 1 aromatic heterocycles. The highest BCUT2D eigenvalue weighted by atomic mass is 35.5. The van der Waals surface area contributed by atoms with Crippen LogP contribution in [0.3, 0.4) is 0 Å². The summed E-state index contributed by atoms with van der Waals surface area (Å²) in [5.74, 6) is 0.777. The van der Waals surface area contributed by atoms with E-state index in [1.807, 2.05) is 0 Å². The molecule has 2 aromatic carbocycles. The van der Waals surface area contributed by atoms with Crippen molar-refractivity contribution < 1.29 is 9.59 Å². The number of benzene rings is 2. The van der Waals surface area contributed by atoms with Gasteiger partial charge in [-0.1, -0.05) is 24.3 Å². The zero-order valence-electron chi connectivity index (χ0n) is 18.8. The molecule has 1 fully saturated rings. The minimum Gasteiger partial charge on any atom is -0.353 e. The van der Waals surface area contributed by atoms with E-state index in [0.29, 0.717) is 17.8 Å². The van der Waals surface area contributed by atoms with E-state index in [-0.39, 0.29) is 24.2 Å². The van der Waals surface area contributed by atoms with Crippen LogP contribution in [0.2, 0.25) is 0 Å². The van der Waals surface area contributed by atoms with E-state index in [1.165, 1.54) is 17.0 Å². The number of fused-ring (bicyclic) bond motifs is 1. The van der Waals surface area contributed by atoms with Gasteiger partial charge >= 0.3 is 0 Å². The van der Waals surface area contributed by atoms with Crippen LogP contribution in [0.25, 0.3) is 10.1 Å². The molecule has 1 aliphatic rings. The molecular weight excluding hydrogens is 458 g/mol. The molecule has 7 nitrogen and oxygen atoms in total. The molecule has 2 heterocycles. The number of carbonyl (C=O) groups excluding carboxylic acids is 2. The van der Waals surface area contributed by atoms with Crippen molar-refractivity contribution >= 4 is 57.3 Å². The number of anilines is 2. The second-order valence-electron chi connectivity index (χ2n) is 8.02. The van der Waals surface area contributed by atoms with Crippen molar-refractivity contribution in [2.45, 2.75) is 19.8 Å². The van der Waals surface area contributed by atoms with Crippen molar-refractivity contribution in [1.82, 2.24) is 14.6 Å². The Kier molecular flexibility index (Phi) is 9.05. The minimum absolute atomic E-state index is 0. The van der Waals surface area contributed by atoms with E-state index in [1.54, 1.807) is 35.8 Å². The van der Waals surface area contributed by atoms with Crippen LogP contribution in [0, 0.1) is 0 Å². The molecule has 4 rings (SSSR count). The van der Waals surface area contributed by atoms with Gasteiger partial charge in [-0.15, -0.1) is 12.4 Å². The maximum absolute atomic E-state index is 12.5. The summed E-state index contributed by atoms with van der Waals surface area (Å²) in [4.78, 5) is 28.7. The molecule has 176 valence electrons. The molecule has 1 saturated heterocycles. The van der Waals surface area contributed by atoms with Gasteiger partial charge in [0.2, 0.25) is 5.91 Å². The van der Waals surface area contributed by atoms with Crippen LogP contribution in [0.1, 0.15) is 30.1 Å². The van der Waals surface area contributed by atoms with E-state index in [2.05, 4.69) is 49.1 Å². The Labute approximate surface area is 204 Å². The number of para-hydroxylation sites is 1. The van der Waals surface area contributed by atoms with Gasteiger partial charge in [0.25, 0.3) is 5.91 Å². The van der Waals surface area contributed by atoms with Gasteiger partial charge < -0.3 is 15.5 Å². The fourth-order valence-corrected chi connectivity index (χ4v) is 4.82. The largest absolute Gasteiger partial charge is 0.353 e. The first kappa shape index (κ1) is 25.0. The highest BCUT2D eigenvalue weighted by Crippen LogP contribution is 2.29. The number of amides is 2. The highest BCUT2D eigenvalue weighted by Gasteiger charge is 2.20. The van der Waals surface area contributed by atoms with Gasteiger partial charge in [-0.25, -0.2) is 0 Å². The molecule has 0 bridgehead atoms. The second kappa shape index (κ2) is 12.0. The fraction of sp³-hybridized carbons (Fsp3) is 0.375. The van der Waals surface area contributed by atoms with E-state index >= 15 is 0 Å². The Hall–Kier alpha value is -2.68. The molecule has 0 aliphatic carbocycles. The van der Waals surface area contributed by atoms with E-state index in [9.17, 15) is 9.59 Å². The van der Waals surface area contributed by atoms with Gasteiger partial charge in [0, 0.05) is 45.0 Å². The van der Waals surface area contributed by atoms with Crippen LogP contribution in [0.4, 0.5) is 11.5 Å². The number of hydrogen-bond acceptors (Lipinski definition) is 6. The summed E-state index contributed by atoms with van der Waals surface area (Å²) in [5.41, 5.74) is 1.04. The molecule has 0 atom stereocenters. The van der Waals surface area contributed by atoms with Crippen LogP contribution >= 0.6 is 23.9 Å². The number of unbranched alkanes of at least 4 members (excludes halogenated alkanes) is 1.